The van der Waals surface area contributed by atoms with Crippen molar-refractivity contribution in [3.05, 3.63) is 41.0 Å². The van der Waals surface area contributed by atoms with Crippen LogP contribution in [0, 0.1) is 0 Å². The molecular formula is C16H16O5. The van der Waals surface area contributed by atoms with Crippen LogP contribution in [0.4, 0.5) is 0 Å². The molecule has 110 valence electrons. The van der Waals surface area contributed by atoms with Crippen LogP contribution in [0.5, 0.6) is 5.95 Å². The molecular weight excluding hydrogens is 272 g/mol. The van der Waals surface area contributed by atoms with Crippen molar-refractivity contribution in [1.29, 1.82) is 0 Å². The SMILES string of the molecule is CCCC(=O)c1c(O)oc2c1C(=O)CC(c1ccco1)C2. The highest BCUT2D eigenvalue weighted by Gasteiger charge is 2.36. The van der Waals surface area contributed by atoms with Gasteiger partial charge in [0.05, 0.1) is 11.8 Å². The fraction of sp³-hybridized carbons (Fsp3) is 0.375. The lowest BCUT2D eigenvalue weighted by Crippen LogP contribution is -2.19. The van der Waals surface area contributed by atoms with Crippen LogP contribution >= 0.6 is 0 Å². The van der Waals surface area contributed by atoms with E-state index in [1.807, 2.05) is 13.0 Å². The number of carbonyl (C=O) groups is 2. The molecule has 0 aliphatic heterocycles. The van der Waals surface area contributed by atoms with Gasteiger partial charge in [0, 0.05) is 25.2 Å². The Morgan fingerprint density at radius 3 is 2.90 bits per heavy atom. The first-order valence-electron chi connectivity index (χ1n) is 7.06. The van der Waals surface area contributed by atoms with Crippen molar-refractivity contribution in [2.45, 2.75) is 38.5 Å². The number of carbonyl (C=O) groups excluding carboxylic acids is 2. The molecule has 5 nitrogen and oxygen atoms in total. The van der Waals surface area contributed by atoms with Crippen molar-refractivity contribution < 1.29 is 23.5 Å². The molecule has 2 heterocycles. The Kier molecular flexibility index (Phi) is 3.41. The van der Waals surface area contributed by atoms with Crippen LogP contribution in [-0.4, -0.2) is 16.7 Å². The van der Waals surface area contributed by atoms with Crippen LogP contribution in [0.15, 0.2) is 27.2 Å². The van der Waals surface area contributed by atoms with Crippen molar-refractivity contribution in [2.75, 3.05) is 0 Å². The first kappa shape index (κ1) is 13.7. The van der Waals surface area contributed by atoms with E-state index in [2.05, 4.69) is 0 Å². The van der Waals surface area contributed by atoms with Gasteiger partial charge in [0.25, 0.3) is 5.95 Å². The van der Waals surface area contributed by atoms with Gasteiger partial charge >= 0.3 is 0 Å². The van der Waals surface area contributed by atoms with Crippen LogP contribution in [-0.2, 0) is 6.42 Å². The van der Waals surface area contributed by atoms with Crippen molar-refractivity contribution in [3.63, 3.8) is 0 Å². The van der Waals surface area contributed by atoms with Gasteiger partial charge in [0.15, 0.2) is 11.6 Å². The number of furan rings is 2. The van der Waals surface area contributed by atoms with Gasteiger partial charge in [-0.05, 0) is 18.6 Å². The molecule has 1 unspecified atom stereocenters. The number of hydrogen-bond acceptors (Lipinski definition) is 5. The molecule has 2 aromatic rings. The monoisotopic (exact) mass is 288 g/mol. The summed E-state index contributed by atoms with van der Waals surface area (Å²) in [6, 6.07) is 3.58. The van der Waals surface area contributed by atoms with Gasteiger partial charge in [-0.1, -0.05) is 6.92 Å². The highest BCUT2D eigenvalue weighted by Crippen LogP contribution is 2.39. The minimum Gasteiger partial charge on any atom is -0.480 e. The molecule has 0 amide bonds. The lowest BCUT2D eigenvalue weighted by atomic mass is 9.83. The van der Waals surface area contributed by atoms with Gasteiger partial charge in [-0.2, -0.15) is 0 Å². The summed E-state index contributed by atoms with van der Waals surface area (Å²) in [6.07, 6.45) is 3.20. The third kappa shape index (κ3) is 2.28. The standard InChI is InChI=1S/C16H16O5/c1-2-4-10(17)15-14-11(18)7-9(12-5-3-6-20-12)8-13(14)21-16(15)19/h3,5-6,9,19H,2,4,7-8H2,1H3. The van der Waals surface area contributed by atoms with E-state index >= 15 is 0 Å². The third-order valence-electron chi connectivity index (χ3n) is 3.81. The first-order valence-corrected chi connectivity index (χ1v) is 7.06. The summed E-state index contributed by atoms with van der Waals surface area (Å²) < 4.78 is 10.6. The van der Waals surface area contributed by atoms with Crippen LogP contribution < -0.4 is 0 Å². The number of hydrogen-bond donors (Lipinski definition) is 1. The highest BCUT2D eigenvalue weighted by atomic mass is 16.5. The Morgan fingerprint density at radius 2 is 2.24 bits per heavy atom. The molecule has 0 bridgehead atoms. The van der Waals surface area contributed by atoms with Crippen molar-refractivity contribution in [1.82, 2.24) is 0 Å². The lowest BCUT2D eigenvalue weighted by molar-refractivity contribution is 0.0934. The zero-order chi connectivity index (χ0) is 15.0. The maximum absolute atomic E-state index is 12.4. The molecule has 0 saturated heterocycles. The number of aromatic hydroxyl groups is 1. The maximum Gasteiger partial charge on any atom is 0.294 e. The number of fused-ring (bicyclic) bond motifs is 1. The first-order chi connectivity index (χ1) is 10.1. The fourth-order valence-electron chi connectivity index (χ4n) is 2.86. The normalized spacial score (nSPS) is 17.8. The second kappa shape index (κ2) is 5.24. The Balaban J connectivity index is 1.98. The summed E-state index contributed by atoms with van der Waals surface area (Å²) in [7, 11) is 0. The molecule has 1 atom stereocenters. The summed E-state index contributed by atoms with van der Waals surface area (Å²) >= 11 is 0. The lowest BCUT2D eigenvalue weighted by Gasteiger charge is -2.18. The Labute approximate surface area is 121 Å². The van der Waals surface area contributed by atoms with Gasteiger partial charge in [-0.15, -0.1) is 0 Å². The number of rotatable bonds is 4. The van der Waals surface area contributed by atoms with Crippen LogP contribution in [0.1, 0.15) is 64.3 Å². The van der Waals surface area contributed by atoms with Gasteiger partial charge in [-0.25, -0.2) is 0 Å². The molecule has 1 N–H and O–H groups in total. The van der Waals surface area contributed by atoms with Crippen LogP contribution in [0.25, 0.3) is 0 Å². The minimum atomic E-state index is -0.438. The summed E-state index contributed by atoms with van der Waals surface area (Å²) in [5.74, 6) is 0.119. The van der Waals surface area contributed by atoms with E-state index in [4.69, 9.17) is 8.83 Å². The average Bonchev–Trinajstić information content (AvgIpc) is 3.05. The van der Waals surface area contributed by atoms with Crippen molar-refractivity contribution in [3.8, 4) is 5.95 Å². The second-order valence-electron chi connectivity index (χ2n) is 5.30. The fourth-order valence-corrected chi connectivity index (χ4v) is 2.86. The Bertz CT molecular complexity index is 678. The maximum atomic E-state index is 12.4. The predicted octanol–water partition coefficient (Wildman–Crippen LogP) is 3.47. The molecule has 0 radical (unpaired) electrons. The molecule has 0 saturated carbocycles. The Hall–Kier alpha value is -2.30. The van der Waals surface area contributed by atoms with Gasteiger partial charge < -0.3 is 13.9 Å². The van der Waals surface area contributed by atoms with Crippen molar-refractivity contribution in [2.24, 2.45) is 0 Å². The average molecular weight is 288 g/mol. The molecule has 3 rings (SSSR count). The van der Waals surface area contributed by atoms with Crippen molar-refractivity contribution >= 4 is 11.6 Å². The summed E-state index contributed by atoms with van der Waals surface area (Å²) in [5.41, 5.74) is 0.309. The minimum absolute atomic E-state index is 0.0507. The third-order valence-corrected chi connectivity index (χ3v) is 3.81. The zero-order valence-corrected chi connectivity index (χ0v) is 11.7. The van der Waals surface area contributed by atoms with E-state index < -0.39 is 5.95 Å². The van der Waals surface area contributed by atoms with E-state index in [0.717, 1.165) is 0 Å². The molecule has 1 aliphatic rings. The Morgan fingerprint density at radius 1 is 1.43 bits per heavy atom. The topological polar surface area (TPSA) is 80.6 Å². The molecule has 5 heteroatoms. The predicted molar refractivity (Wildman–Crippen MR) is 73.7 cm³/mol. The highest BCUT2D eigenvalue weighted by molar-refractivity contribution is 6.11. The van der Waals surface area contributed by atoms with Gasteiger partial charge in [-0.3, -0.25) is 9.59 Å². The van der Waals surface area contributed by atoms with Crippen LogP contribution in [0.2, 0.25) is 0 Å². The van der Waals surface area contributed by atoms with E-state index in [9.17, 15) is 14.7 Å². The van der Waals surface area contributed by atoms with E-state index in [0.29, 0.717) is 24.4 Å². The summed E-state index contributed by atoms with van der Waals surface area (Å²) in [6.45, 7) is 1.87. The molecule has 2 aromatic heterocycles. The van der Waals surface area contributed by atoms with E-state index in [1.54, 1.807) is 12.3 Å². The molecule has 0 aromatic carbocycles. The van der Waals surface area contributed by atoms with E-state index in [1.165, 1.54) is 0 Å². The van der Waals surface area contributed by atoms with Crippen LogP contribution in [0.3, 0.4) is 0 Å². The van der Waals surface area contributed by atoms with Gasteiger partial charge in [0.1, 0.15) is 17.1 Å². The number of ketones is 2. The summed E-state index contributed by atoms with van der Waals surface area (Å²) in [5, 5.41) is 9.87. The quantitative estimate of drug-likeness (QED) is 0.871. The molecule has 0 spiro atoms. The summed E-state index contributed by atoms with van der Waals surface area (Å²) in [4.78, 5) is 24.4. The largest absolute Gasteiger partial charge is 0.480 e. The number of Topliss-reactive ketones (excluding diaryl/α,β-unsaturated/α-hetero) is 2. The zero-order valence-electron chi connectivity index (χ0n) is 11.7. The molecule has 0 fully saturated rings. The van der Waals surface area contributed by atoms with E-state index in [-0.39, 0.29) is 41.5 Å². The molecule has 1 aliphatic carbocycles. The molecule has 21 heavy (non-hydrogen) atoms. The second-order valence-corrected chi connectivity index (χ2v) is 5.30. The van der Waals surface area contributed by atoms with Gasteiger partial charge in [0.2, 0.25) is 0 Å². The smallest absolute Gasteiger partial charge is 0.294 e.